The first-order chi connectivity index (χ1) is 18.3. The predicted molar refractivity (Wildman–Crippen MR) is 135 cm³/mol. The largest absolute Gasteiger partial charge is 0.492 e. The summed E-state index contributed by atoms with van der Waals surface area (Å²) in [6.45, 7) is 1.01. The average Bonchev–Trinajstić information content (AvgIpc) is 3.43. The average molecular weight is 538 g/mol. The van der Waals surface area contributed by atoms with E-state index in [0.717, 1.165) is 9.87 Å². The molecule has 1 aliphatic heterocycles. The lowest BCUT2D eigenvalue weighted by atomic mass is 9.94. The molecule has 0 radical (unpaired) electrons. The zero-order chi connectivity index (χ0) is 26.7. The van der Waals surface area contributed by atoms with E-state index in [9.17, 15) is 22.7 Å². The van der Waals surface area contributed by atoms with Gasteiger partial charge in [-0.25, -0.2) is 17.8 Å². The predicted octanol–water partition coefficient (Wildman–Crippen LogP) is 4.27. The van der Waals surface area contributed by atoms with Crippen LogP contribution in [0.2, 0.25) is 0 Å². The van der Waals surface area contributed by atoms with Crippen LogP contribution in [0.3, 0.4) is 0 Å². The van der Waals surface area contributed by atoms with Crippen LogP contribution in [0.5, 0.6) is 17.2 Å². The lowest BCUT2D eigenvalue weighted by molar-refractivity contribution is -0.142. The molecule has 38 heavy (non-hydrogen) atoms. The quantitative estimate of drug-likeness (QED) is 0.340. The Balaban J connectivity index is 1.32. The van der Waals surface area contributed by atoms with Crippen molar-refractivity contribution >= 4 is 16.0 Å². The molecule has 1 N–H and O–H groups in total. The van der Waals surface area contributed by atoms with Crippen molar-refractivity contribution in [1.82, 2.24) is 13.9 Å². The first kappa shape index (κ1) is 25.4. The second-order valence-corrected chi connectivity index (χ2v) is 10.5. The molecule has 9 nitrogen and oxygen atoms in total. The highest BCUT2D eigenvalue weighted by Crippen LogP contribution is 2.36. The molecule has 11 heteroatoms. The number of fused-ring (bicyclic) bond motifs is 1. The zero-order valence-electron chi connectivity index (χ0n) is 20.1. The summed E-state index contributed by atoms with van der Waals surface area (Å²) in [4.78, 5) is 16.2. The van der Waals surface area contributed by atoms with Crippen LogP contribution in [0.15, 0.2) is 90.3 Å². The number of halogens is 1. The van der Waals surface area contributed by atoms with E-state index in [4.69, 9.17) is 9.47 Å². The third kappa shape index (κ3) is 5.38. The van der Waals surface area contributed by atoms with Crippen LogP contribution in [-0.4, -0.2) is 46.5 Å². The van der Waals surface area contributed by atoms with E-state index in [1.54, 1.807) is 30.7 Å². The minimum absolute atomic E-state index is 0.00137. The van der Waals surface area contributed by atoms with Gasteiger partial charge in [0, 0.05) is 18.9 Å². The standard InChI is InChI=1S/C27H24FN3O6S/c28-20-1-3-21(4-2-20)37-22-5-8-24(9-6-22)38(34,35)31-13-11-19-17-23(7-10-25(19)26(31)27(32)33)36-16-15-30-14-12-29-18-30/h1-10,12,14,17-18,26H,11,13,15-16H2,(H,32,33). The van der Waals surface area contributed by atoms with Crippen LogP contribution in [0, 0.1) is 5.82 Å². The summed E-state index contributed by atoms with van der Waals surface area (Å²) in [6.07, 6.45) is 5.54. The topological polar surface area (TPSA) is 111 Å². The second-order valence-electron chi connectivity index (χ2n) is 8.64. The molecule has 1 atom stereocenters. The maximum atomic E-state index is 13.5. The number of rotatable bonds is 9. The Hall–Kier alpha value is -4.22. The zero-order valence-corrected chi connectivity index (χ0v) is 20.9. The Morgan fingerprint density at radius 1 is 1.03 bits per heavy atom. The van der Waals surface area contributed by atoms with Crippen molar-refractivity contribution in [1.29, 1.82) is 0 Å². The fourth-order valence-electron chi connectivity index (χ4n) is 4.33. The summed E-state index contributed by atoms with van der Waals surface area (Å²) >= 11 is 0. The fraction of sp³-hybridized carbons (Fsp3) is 0.185. The molecule has 0 spiro atoms. The van der Waals surface area contributed by atoms with E-state index in [0.29, 0.717) is 42.4 Å². The summed E-state index contributed by atoms with van der Waals surface area (Å²) in [5.41, 5.74) is 1.14. The highest BCUT2D eigenvalue weighted by atomic mass is 32.2. The number of sulfonamides is 1. The van der Waals surface area contributed by atoms with Gasteiger partial charge in [-0.05, 0) is 78.2 Å². The summed E-state index contributed by atoms with van der Waals surface area (Å²) in [7, 11) is -4.14. The molecule has 1 unspecified atom stereocenters. The molecule has 3 aromatic carbocycles. The van der Waals surface area contributed by atoms with Gasteiger partial charge in [-0.15, -0.1) is 0 Å². The molecule has 0 fully saturated rings. The summed E-state index contributed by atoms with van der Waals surface area (Å²) < 4.78 is 54.4. The van der Waals surface area contributed by atoms with E-state index in [1.807, 2.05) is 10.8 Å². The summed E-state index contributed by atoms with van der Waals surface area (Å²) in [5.74, 6) is -0.328. The minimum Gasteiger partial charge on any atom is -0.492 e. The smallest absolute Gasteiger partial charge is 0.326 e. The maximum Gasteiger partial charge on any atom is 0.326 e. The molecular weight excluding hydrogens is 513 g/mol. The molecule has 0 saturated carbocycles. The van der Waals surface area contributed by atoms with Crippen LogP contribution in [-0.2, 0) is 27.8 Å². The van der Waals surface area contributed by atoms with Crippen molar-refractivity contribution in [2.24, 2.45) is 0 Å². The number of nitrogens with zero attached hydrogens (tertiary/aromatic N) is 3. The van der Waals surface area contributed by atoms with Crippen molar-refractivity contribution in [2.45, 2.75) is 23.9 Å². The number of aromatic nitrogens is 2. The lowest BCUT2D eigenvalue weighted by Gasteiger charge is -2.34. The number of ether oxygens (including phenoxy) is 2. The van der Waals surface area contributed by atoms with Gasteiger partial charge < -0.3 is 19.1 Å². The van der Waals surface area contributed by atoms with Gasteiger partial charge >= 0.3 is 5.97 Å². The Labute approximate surface area is 218 Å². The SMILES string of the molecule is O=C(O)C1c2ccc(OCCn3ccnc3)cc2CCN1S(=O)(=O)c1ccc(Oc2ccc(F)cc2)cc1. The third-order valence-corrected chi connectivity index (χ3v) is 8.07. The van der Waals surface area contributed by atoms with Crippen molar-refractivity contribution in [3.05, 3.63) is 102 Å². The number of carbonyl (C=O) groups is 1. The van der Waals surface area contributed by atoms with E-state index in [2.05, 4.69) is 4.98 Å². The number of hydrogen-bond donors (Lipinski definition) is 1. The number of aliphatic carboxylic acids is 1. The molecule has 0 aliphatic carbocycles. The Kier molecular flexibility index (Phi) is 7.12. The third-order valence-electron chi connectivity index (χ3n) is 6.19. The Morgan fingerprint density at radius 2 is 1.71 bits per heavy atom. The molecule has 5 rings (SSSR count). The van der Waals surface area contributed by atoms with Crippen molar-refractivity contribution in [3.63, 3.8) is 0 Å². The summed E-state index contributed by atoms with van der Waals surface area (Å²) in [5, 5.41) is 10.0. The number of imidazole rings is 1. The van der Waals surface area contributed by atoms with E-state index in [-0.39, 0.29) is 11.4 Å². The van der Waals surface area contributed by atoms with Crippen molar-refractivity contribution < 1.29 is 32.2 Å². The van der Waals surface area contributed by atoms with Crippen LogP contribution >= 0.6 is 0 Å². The van der Waals surface area contributed by atoms with E-state index >= 15 is 0 Å². The summed E-state index contributed by atoms with van der Waals surface area (Å²) in [6, 6.07) is 14.7. The number of carboxylic acids is 1. The van der Waals surface area contributed by atoms with Crippen LogP contribution in [0.25, 0.3) is 0 Å². The molecule has 196 valence electrons. The fourth-order valence-corrected chi connectivity index (χ4v) is 5.89. The molecule has 0 saturated heterocycles. The first-order valence-corrected chi connectivity index (χ1v) is 13.2. The van der Waals surface area contributed by atoms with Crippen LogP contribution in [0.1, 0.15) is 17.2 Å². The number of hydrogen-bond acceptors (Lipinski definition) is 6. The van der Waals surface area contributed by atoms with Gasteiger partial charge in [0.25, 0.3) is 0 Å². The van der Waals surface area contributed by atoms with E-state index < -0.39 is 27.9 Å². The van der Waals surface area contributed by atoms with Crippen LogP contribution < -0.4 is 9.47 Å². The number of carboxylic acid groups (broad SMARTS) is 1. The Morgan fingerprint density at radius 3 is 2.37 bits per heavy atom. The molecule has 1 aromatic heterocycles. The van der Waals surface area contributed by atoms with Gasteiger partial charge in [0.05, 0.1) is 17.8 Å². The molecule has 2 heterocycles. The number of benzene rings is 3. The van der Waals surface area contributed by atoms with Crippen molar-refractivity contribution in [2.75, 3.05) is 13.2 Å². The molecule has 1 aliphatic rings. The molecule has 0 amide bonds. The van der Waals surface area contributed by atoms with Gasteiger partial charge in [-0.3, -0.25) is 4.79 Å². The van der Waals surface area contributed by atoms with Gasteiger partial charge in [0.2, 0.25) is 10.0 Å². The highest BCUT2D eigenvalue weighted by molar-refractivity contribution is 7.89. The van der Waals surface area contributed by atoms with E-state index in [1.165, 1.54) is 48.5 Å². The highest BCUT2D eigenvalue weighted by Gasteiger charge is 2.40. The monoisotopic (exact) mass is 537 g/mol. The first-order valence-electron chi connectivity index (χ1n) is 11.8. The molecular formula is C27H24FN3O6S. The van der Waals surface area contributed by atoms with Gasteiger partial charge in [0.15, 0.2) is 0 Å². The normalized spacial score (nSPS) is 15.6. The maximum absolute atomic E-state index is 13.5. The van der Waals surface area contributed by atoms with Gasteiger partial charge in [0.1, 0.15) is 35.7 Å². The van der Waals surface area contributed by atoms with Crippen molar-refractivity contribution in [3.8, 4) is 17.2 Å². The van der Waals surface area contributed by atoms with Gasteiger partial charge in [-0.1, -0.05) is 6.07 Å². The lowest BCUT2D eigenvalue weighted by Crippen LogP contribution is -2.43. The van der Waals surface area contributed by atoms with Crippen LogP contribution in [0.4, 0.5) is 4.39 Å². The Bertz CT molecular complexity index is 1520. The second kappa shape index (κ2) is 10.6. The minimum atomic E-state index is -4.14. The van der Waals surface area contributed by atoms with Gasteiger partial charge in [-0.2, -0.15) is 4.31 Å². The molecule has 4 aromatic rings. The molecule has 0 bridgehead atoms.